The van der Waals surface area contributed by atoms with Gasteiger partial charge in [0.1, 0.15) is 0 Å². The Labute approximate surface area is 103 Å². The Hall–Kier alpha value is -1.07. The molecule has 0 heterocycles. The zero-order chi connectivity index (χ0) is 12.9. The Morgan fingerprint density at radius 2 is 1.88 bits per heavy atom. The fourth-order valence-corrected chi connectivity index (χ4v) is 2.64. The molecule has 0 aliphatic carbocycles. The van der Waals surface area contributed by atoms with Crippen LogP contribution in [-0.4, -0.2) is 27.8 Å². The molecule has 1 rings (SSSR count). The molecule has 0 spiro atoms. The van der Waals surface area contributed by atoms with E-state index in [2.05, 4.69) is 10.0 Å². The van der Waals surface area contributed by atoms with Crippen molar-refractivity contribution in [1.29, 1.82) is 0 Å². The van der Waals surface area contributed by atoms with Crippen molar-refractivity contribution in [2.24, 2.45) is 0 Å². The summed E-state index contributed by atoms with van der Waals surface area (Å²) >= 11 is 0. The van der Waals surface area contributed by atoms with E-state index < -0.39 is 10.0 Å². The van der Waals surface area contributed by atoms with Crippen molar-refractivity contribution in [1.82, 2.24) is 5.32 Å². The molecule has 0 unspecified atom stereocenters. The van der Waals surface area contributed by atoms with E-state index in [1.54, 1.807) is 13.1 Å². The van der Waals surface area contributed by atoms with E-state index in [4.69, 9.17) is 0 Å². The van der Waals surface area contributed by atoms with E-state index in [1.165, 1.54) is 0 Å². The summed E-state index contributed by atoms with van der Waals surface area (Å²) < 4.78 is 26.2. The van der Waals surface area contributed by atoms with Crippen molar-refractivity contribution in [3.63, 3.8) is 0 Å². The van der Waals surface area contributed by atoms with Gasteiger partial charge in [-0.25, -0.2) is 8.42 Å². The first kappa shape index (κ1) is 14.0. The minimum absolute atomic E-state index is 0.0793. The van der Waals surface area contributed by atoms with Crippen LogP contribution in [0.1, 0.15) is 25.3 Å². The van der Waals surface area contributed by atoms with E-state index in [-0.39, 0.29) is 5.75 Å². The van der Waals surface area contributed by atoms with E-state index in [0.717, 1.165) is 5.56 Å². The van der Waals surface area contributed by atoms with Crippen LogP contribution < -0.4 is 10.0 Å². The fraction of sp³-hybridized carbons (Fsp3) is 0.500. The molecule has 17 heavy (non-hydrogen) atoms. The maximum absolute atomic E-state index is 11.8. The number of hydrogen-bond donors (Lipinski definition) is 2. The number of sulfonamides is 1. The summed E-state index contributed by atoms with van der Waals surface area (Å²) in [4.78, 5) is 0. The molecular formula is C12H20N2O2S. The van der Waals surface area contributed by atoms with Gasteiger partial charge in [-0.15, -0.1) is 0 Å². The largest absolute Gasteiger partial charge is 0.319 e. The summed E-state index contributed by atoms with van der Waals surface area (Å²) in [6, 6.07) is 7.50. The molecule has 0 aliphatic heterocycles. The third kappa shape index (κ3) is 4.36. The highest BCUT2D eigenvalue weighted by Gasteiger charge is 2.13. The van der Waals surface area contributed by atoms with Gasteiger partial charge in [0, 0.05) is 6.54 Å². The van der Waals surface area contributed by atoms with Crippen LogP contribution in [0.15, 0.2) is 24.3 Å². The average Bonchev–Trinajstić information content (AvgIpc) is 2.26. The molecule has 96 valence electrons. The van der Waals surface area contributed by atoms with E-state index in [9.17, 15) is 8.42 Å². The van der Waals surface area contributed by atoms with Crippen LogP contribution in [0, 0.1) is 0 Å². The Morgan fingerprint density at radius 1 is 1.24 bits per heavy atom. The number of rotatable bonds is 6. The molecule has 0 fully saturated rings. The van der Waals surface area contributed by atoms with Crippen LogP contribution in [0.25, 0.3) is 0 Å². The number of nitrogens with one attached hydrogen (secondary N) is 2. The van der Waals surface area contributed by atoms with Crippen LogP contribution in [0.4, 0.5) is 5.69 Å². The highest BCUT2D eigenvalue weighted by atomic mass is 32.2. The smallest absolute Gasteiger partial charge is 0.233 e. The van der Waals surface area contributed by atoms with Gasteiger partial charge in [-0.1, -0.05) is 32.0 Å². The standard InChI is InChI=1S/C12H20N2O2S/c1-10(2)11-6-4-5-7-12(11)14-17(15,16)9-8-13-3/h4-7,10,13-14H,8-9H2,1-3H3. The number of para-hydroxylation sites is 1. The van der Waals surface area contributed by atoms with Gasteiger partial charge in [0.05, 0.1) is 11.4 Å². The van der Waals surface area contributed by atoms with Crippen molar-refractivity contribution >= 4 is 15.7 Å². The first-order valence-corrected chi connectivity index (χ1v) is 7.35. The molecule has 5 heteroatoms. The first-order chi connectivity index (χ1) is 7.96. The van der Waals surface area contributed by atoms with E-state index >= 15 is 0 Å². The Kier molecular flexibility index (Phi) is 4.96. The molecule has 0 aromatic heterocycles. The lowest BCUT2D eigenvalue weighted by Gasteiger charge is -2.14. The lowest BCUT2D eigenvalue weighted by molar-refractivity contribution is 0.598. The van der Waals surface area contributed by atoms with Crippen LogP contribution >= 0.6 is 0 Å². The first-order valence-electron chi connectivity index (χ1n) is 5.70. The van der Waals surface area contributed by atoms with Gasteiger partial charge in [0.2, 0.25) is 10.0 Å². The van der Waals surface area contributed by atoms with Crippen molar-refractivity contribution < 1.29 is 8.42 Å². The highest BCUT2D eigenvalue weighted by Crippen LogP contribution is 2.24. The summed E-state index contributed by atoms with van der Waals surface area (Å²) in [6.45, 7) is 4.53. The molecule has 0 saturated carbocycles. The molecule has 2 N–H and O–H groups in total. The molecule has 0 amide bonds. The van der Waals surface area contributed by atoms with Gasteiger partial charge < -0.3 is 5.32 Å². The Morgan fingerprint density at radius 3 is 2.47 bits per heavy atom. The lowest BCUT2D eigenvalue weighted by Crippen LogP contribution is -2.25. The second-order valence-electron chi connectivity index (χ2n) is 4.27. The molecule has 0 aliphatic rings. The molecule has 0 atom stereocenters. The second kappa shape index (κ2) is 6.02. The minimum atomic E-state index is -3.27. The third-order valence-corrected chi connectivity index (χ3v) is 3.74. The molecule has 0 radical (unpaired) electrons. The quantitative estimate of drug-likeness (QED) is 0.815. The zero-order valence-electron chi connectivity index (χ0n) is 10.5. The molecule has 4 nitrogen and oxygen atoms in total. The maximum Gasteiger partial charge on any atom is 0.233 e. The lowest BCUT2D eigenvalue weighted by atomic mass is 10.0. The molecule has 1 aromatic carbocycles. The van der Waals surface area contributed by atoms with Gasteiger partial charge in [0.25, 0.3) is 0 Å². The van der Waals surface area contributed by atoms with Gasteiger partial charge in [0.15, 0.2) is 0 Å². The molecule has 0 bridgehead atoms. The predicted molar refractivity (Wildman–Crippen MR) is 71.9 cm³/mol. The minimum Gasteiger partial charge on any atom is -0.319 e. The average molecular weight is 256 g/mol. The van der Waals surface area contributed by atoms with Crippen LogP contribution in [0.2, 0.25) is 0 Å². The summed E-state index contributed by atoms with van der Waals surface area (Å²) in [5.41, 5.74) is 1.69. The van der Waals surface area contributed by atoms with Gasteiger partial charge in [-0.2, -0.15) is 0 Å². The SMILES string of the molecule is CNCCS(=O)(=O)Nc1ccccc1C(C)C. The Balaban J connectivity index is 2.88. The monoisotopic (exact) mass is 256 g/mol. The van der Waals surface area contributed by atoms with Gasteiger partial charge >= 0.3 is 0 Å². The number of anilines is 1. The third-order valence-electron chi connectivity index (χ3n) is 2.47. The topological polar surface area (TPSA) is 58.2 Å². The van der Waals surface area contributed by atoms with E-state index in [0.29, 0.717) is 18.2 Å². The van der Waals surface area contributed by atoms with Crippen LogP contribution in [0.5, 0.6) is 0 Å². The van der Waals surface area contributed by atoms with Crippen molar-refractivity contribution in [2.75, 3.05) is 24.1 Å². The van der Waals surface area contributed by atoms with E-state index in [1.807, 2.05) is 32.0 Å². The number of hydrogen-bond acceptors (Lipinski definition) is 3. The van der Waals surface area contributed by atoms with Crippen molar-refractivity contribution in [2.45, 2.75) is 19.8 Å². The fourth-order valence-electron chi connectivity index (χ4n) is 1.55. The summed E-state index contributed by atoms with van der Waals surface area (Å²) in [6.07, 6.45) is 0. The summed E-state index contributed by atoms with van der Waals surface area (Å²) in [7, 11) is -1.53. The summed E-state index contributed by atoms with van der Waals surface area (Å²) in [5, 5.41) is 2.83. The van der Waals surface area contributed by atoms with Crippen LogP contribution in [-0.2, 0) is 10.0 Å². The van der Waals surface area contributed by atoms with Crippen LogP contribution in [0.3, 0.4) is 0 Å². The van der Waals surface area contributed by atoms with Crippen molar-refractivity contribution in [3.05, 3.63) is 29.8 Å². The highest BCUT2D eigenvalue weighted by molar-refractivity contribution is 7.92. The molecule has 1 aromatic rings. The van der Waals surface area contributed by atoms with Gasteiger partial charge in [-0.05, 0) is 24.6 Å². The normalized spacial score (nSPS) is 11.8. The Bertz CT molecular complexity index is 455. The number of benzene rings is 1. The van der Waals surface area contributed by atoms with Crippen molar-refractivity contribution in [3.8, 4) is 0 Å². The molecular weight excluding hydrogens is 236 g/mol. The zero-order valence-corrected chi connectivity index (χ0v) is 11.3. The second-order valence-corrected chi connectivity index (χ2v) is 6.11. The van der Waals surface area contributed by atoms with Gasteiger partial charge in [-0.3, -0.25) is 4.72 Å². The predicted octanol–water partition coefficient (Wildman–Crippen LogP) is 1.77. The molecule has 0 saturated heterocycles. The summed E-state index contributed by atoms with van der Waals surface area (Å²) in [5.74, 6) is 0.369. The maximum atomic E-state index is 11.8.